The van der Waals surface area contributed by atoms with Crippen molar-refractivity contribution in [1.29, 1.82) is 0 Å². The summed E-state index contributed by atoms with van der Waals surface area (Å²) in [5.74, 6) is -0.213. The molecule has 0 aliphatic carbocycles. The predicted molar refractivity (Wildman–Crippen MR) is 83.5 cm³/mol. The van der Waals surface area contributed by atoms with Gasteiger partial charge < -0.3 is 16.4 Å². The number of nitrogens with two attached hydrogens (primary N) is 1. The highest BCUT2D eigenvalue weighted by molar-refractivity contribution is 7.89. The number of sulfonamides is 1. The average Bonchev–Trinajstić information content (AvgIpc) is 2.39. The average molecular weight is 314 g/mol. The van der Waals surface area contributed by atoms with Crippen molar-refractivity contribution >= 4 is 27.3 Å². The van der Waals surface area contributed by atoms with Crippen LogP contribution in [-0.2, 0) is 14.8 Å². The van der Waals surface area contributed by atoms with E-state index in [2.05, 4.69) is 15.4 Å². The predicted octanol–water partition coefficient (Wildman–Crippen LogP) is 0.502. The molecule has 1 amide bonds. The fourth-order valence-corrected chi connectivity index (χ4v) is 2.63. The molecular formula is C13H22N4O3S. The number of anilines is 2. The van der Waals surface area contributed by atoms with Crippen LogP contribution in [0, 0.1) is 0 Å². The van der Waals surface area contributed by atoms with Gasteiger partial charge in [-0.2, -0.15) is 0 Å². The van der Waals surface area contributed by atoms with E-state index in [1.807, 2.05) is 13.8 Å². The van der Waals surface area contributed by atoms with Crippen molar-refractivity contribution in [3.05, 3.63) is 18.2 Å². The number of carbonyl (C=O) groups is 1. The maximum absolute atomic E-state index is 12.0. The van der Waals surface area contributed by atoms with E-state index < -0.39 is 16.1 Å². The minimum absolute atomic E-state index is 0.00804. The summed E-state index contributed by atoms with van der Waals surface area (Å²) < 4.78 is 26.2. The number of amides is 1. The Morgan fingerprint density at radius 1 is 1.24 bits per heavy atom. The number of rotatable bonds is 6. The number of hydrogen-bond acceptors (Lipinski definition) is 5. The van der Waals surface area contributed by atoms with Crippen LogP contribution in [0.25, 0.3) is 0 Å². The summed E-state index contributed by atoms with van der Waals surface area (Å²) >= 11 is 0. The molecule has 1 atom stereocenters. The van der Waals surface area contributed by atoms with Crippen LogP contribution in [-0.4, -0.2) is 33.5 Å². The molecule has 21 heavy (non-hydrogen) atoms. The van der Waals surface area contributed by atoms with Gasteiger partial charge in [0.05, 0.1) is 5.69 Å². The maximum Gasteiger partial charge on any atom is 0.242 e. The molecule has 0 aliphatic rings. The highest BCUT2D eigenvalue weighted by Gasteiger charge is 2.20. The molecule has 0 aliphatic heterocycles. The zero-order valence-corrected chi connectivity index (χ0v) is 13.4. The highest BCUT2D eigenvalue weighted by Crippen LogP contribution is 2.24. The van der Waals surface area contributed by atoms with Gasteiger partial charge in [0, 0.05) is 11.7 Å². The number of hydrogen-bond donors (Lipinski definition) is 4. The Labute approximate surface area is 125 Å². The molecule has 1 aromatic carbocycles. The monoisotopic (exact) mass is 314 g/mol. The Bertz CT molecular complexity index is 614. The minimum atomic E-state index is -3.67. The second-order valence-corrected chi connectivity index (χ2v) is 6.85. The first-order valence-electron chi connectivity index (χ1n) is 6.57. The first kappa shape index (κ1) is 17.3. The van der Waals surface area contributed by atoms with Gasteiger partial charge in [0.25, 0.3) is 0 Å². The normalized spacial score (nSPS) is 13.0. The second-order valence-electron chi connectivity index (χ2n) is 4.99. The zero-order chi connectivity index (χ0) is 16.2. The fourth-order valence-electron chi connectivity index (χ4n) is 1.70. The highest BCUT2D eigenvalue weighted by atomic mass is 32.2. The van der Waals surface area contributed by atoms with E-state index in [1.165, 1.54) is 13.1 Å². The molecule has 0 saturated heterocycles. The standard InChI is InChI=1S/C13H22N4O3S/c1-8(2)16-13(18)9(3)17-11-6-5-10(14)7-12(11)21(19,20)15-4/h5-9,15,17H,14H2,1-4H3,(H,16,18). The van der Waals surface area contributed by atoms with Crippen molar-refractivity contribution < 1.29 is 13.2 Å². The lowest BCUT2D eigenvalue weighted by molar-refractivity contribution is -0.122. The number of benzene rings is 1. The van der Waals surface area contributed by atoms with Gasteiger partial charge in [-0.05, 0) is 46.0 Å². The molecule has 118 valence electrons. The van der Waals surface area contributed by atoms with Gasteiger partial charge in [-0.15, -0.1) is 0 Å². The second kappa shape index (κ2) is 6.77. The van der Waals surface area contributed by atoms with Gasteiger partial charge in [0.15, 0.2) is 0 Å². The Balaban J connectivity index is 3.07. The van der Waals surface area contributed by atoms with Gasteiger partial charge in [-0.1, -0.05) is 0 Å². The summed E-state index contributed by atoms with van der Waals surface area (Å²) in [4.78, 5) is 11.9. The quantitative estimate of drug-likeness (QED) is 0.571. The topological polar surface area (TPSA) is 113 Å². The van der Waals surface area contributed by atoms with Crippen molar-refractivity contribution in [3.63, 3.8) is 0 Å². The molecule has 8 heteroatoms. The molecule has 0 saturated carbocycles. The van der Waals surface area contributed by atoms with Crippen molar-refractivity contribution in [2.75, 3.05) is 18.1 Å². The third-order valence-corrected chi connectivity index (χ3v) is 4.21. The van der Waals surface area contributed by atoms with Crippen LogP contribution in [0.1, 0.15) is 20.8 Å². The van der Waals surface area contributed by atoms with E-state index in [1.54, 1.807) is 19.1 Å². The first-order valence-corrected chi connectivity index (χ1v) is 8.05. The van der Waals surface area contributed by atoms with E-state index in [4.69, 9.17) is 5.73 Å². The van der Waals surface area contributed by atoms with Gasteiger partial charge in [0.1, 0.15) is 10.9 Å². The van der Waals surface area contributed by atoms with Gasteiger partial charge in [-0.3, -0.25) is 4.79 Å². The molecule has 0 aromatic heterocycles. The zero-order valence-electron chi connectivity index (χ0n) is 12.6. The molecule has 0 fully saturated rings. The third kappa shape index (κ3) is 4.61. The van der Waals surface area contributed by atoms with Crippen LogP contribution >= 0.6 is 0 Å². The molecule has 0 bridgehead atoms. The van der Waals surface area contributed by atoms with Crippen LogP contribution in [0.2, 0.25) is 0 Å². The largest absolute Gasteiger partial charge is 0.399 e. The van der Waals surface area contributed by atoms with Gasteiger partial charge in [-0.25, -0.2) is 13.1 Å². The fraction of sp³-hybridized carbons (Fsp3) is 0.462. The summed E-state index contributed by atoms with van der Waals surface area (Å²) in [6, 6.07) is 3.89. The SMILES string of the molecule is CNS(=O)(=O)c1cc(N)ccc1NC(C)C(=O)NC(C)C. The van der Waals surface area contributed by atoms with Gasteiger partial charge in [0.2, 0.25) is 15.9 Å². The molecule has 5 N–H and O–H groups in total. The van der Waals surface area contributed by atoms with Crippen molar-refractivity contribution in [2.24, 2.45) is 0 Å². The van der Waals surface area contributed by atoms with Crippen LogP contribution < -0.4 is 21.1 Å². The minimum Gasteiger partial charge on any atom is -0.399 e. The summed E-state index contributed by atoms with van der Waals surface area (Å²) in [5.41, 5.74) is 6.29. The molecule has 0 heterocycles. The van der Waals surface area contributed by atoms with Crippen LogP contribution in [0.15, 0.2) is 23.1 Å². The molecule has 1 unspecified atom stereocenters. The number of nitrogens with one attached hydrogen (secondary N) is 3. The number of nitrogen functional groups attached to an aromatic ring is 1. The molecule has 1 rings (SSSR count). The molecule has 0 radical (unpaired) electrons. The molecule has 1 aromatic rings. The van der Waals surface area contributed by atoms with Crippen LogP contribution in [0.4, 0.5) is 11.4 Å². The van der Waals surface area contributed by atoms with Crippen LogP contribution in [0.5, 0.6) is 0 Å². The number of carbonyl (C=O) groups excluding carboxylic acids is 1. The Morgan fingerprint density at radius 2 is 1.86 bits per heavy atom. The van der Waals surface area contributed by atoms with Crippen molar-refractivity contribution in [1.82, 2.24) is 10.0 Å². The lowest BCUT2D eigenvalue weighted by atomic mass is 10.2. The van der Waals surface area contributed by atoms with Crippen LogP contribution in [0.3, 0.4) is 0 Å². The Morgan fingerprint density at radius 3 is 2.38 bits per heavy atom. The summed E-state index contributed by atoms with van der Waals surface area (Å²) in [7, 11) is -2.35. The Hall–Kier alpha value is -1.80. The molecule has 0 spiro atoms. The van der Waals surface area contributed by atoms with E-state index in [0.717, 1.165) is 0 Å². The van der Waals surface area contributed by atoms with E-state index in [9.17, 15) is 13.2 Å². The Kier molecular flexibility index (Phi) is 5.56. The maximum atomic E-state index is 12.0. The van der Waals surface area contributed by atoms with Crippen molar-refractivity contribution in [3.8, 4) is 0 Å². The lowest BCUT2D eigenvalue weighted by Crippen LogP contribution is -2.41. The summed E-state index contributed by atoms with van der Waals surface area (Å²) in [5, 5.41) is 5.65. The summed E-state index contributed by atoms with van der Waals surface area (Å²) in [6.45, 7) is 5.36. The molecule has 7 nitrogen and oxygen atoms in total. The van der Waals surface area contributed by atoms with E-state index >= 15 is 0 Å². The smallest absolute Gasteiger partial charge is 0.242 e. The first-order chi connectivity index (χ1) is 9.67. The van der Waals surface area contributed by atoms with E-state index in [-0.39, 0.29) is 16.8 Å². The third-order valence-electron chi connectivity index (χ3n) is 2.76. The molecular weight excluding hydrogens is 292 g/mol. The summed E-state index contributed by atoms with van der Waals surface area (Å²) in [6.07, 6.45) is 0. The van der Waals surface area contributed by atoms with Crippen molar-refractivity contribution in [2.45, 2.75) is 37.8 Å². The lowest BCUT2D eigenvalue weighted by Gasteiger charge is -2.19. The van der Waals surface area contributed by atoms with Gasteiger partial charge >= 0.3 is 0 Å². The van der Waals surface area contributed by atoms with E-state index in [0.29, 0.717) is 11.4 Å².